The lowest BCUT2D eigenvalue weighted by Crippen LogP contribution is -2.26. The zero-order valence-electron chi connectivity index (χ0n) is 16.0. The van der Waals surface area contributed by atoms with Crippen molar-refractivity contribution in [1.29, 1.82) is 0 Å². The van der Waals surface area contributed by atoms with E-state index in [1.807, 2.05) is 56.3 Å². The third kappa shape index (κ3) is 3.01. The van der Waals surface area contributed by atoms with Gasteiger partial charge in [-0.2, -0.15) is 0 Å². The highest BCUT2D eigenvalue weighted by atomic mass is 32.1. The maximum Gasteiger partial charge on any atom is 0.260 e. The van der Waals surface area contributed by atoms with Gasteiger partial charge < -0.3 is 4.52 Å². The zero-order chi connectivity index (χ0) is 20.1. The summed E-state index contributed by atoms with van der Waals surface area (Å²) in [7, 11) is 1.74. The van der Waals surface area contributed by atoms with Gasteiger partial charge >= 0.3 is 0 Å². The Bertz CT molecular complexity index is 1350. The van der Waals surface area contributed by atoms with E-state index in [-0.39, 0.29) is 5.91 Å². The van der Waals surface area contributed by atoms with Crippen LogP contribution in [0, 0.1) is 13.8 Å². The number of nitrogens with zero attached hydrogens (tertiary/aromatic N) is 4. The number of pyridine rings is 1. The summed E-state index contributed by atoms with van der Waals surface area (Å²) in [6.07, 6.45) is 0. The molecule has 0 bridgehead atoms. The summed E-state index contributed by atoms with van der Waals surface area (Å²) in [6.45, 7) is 3.86. The number of aromatic nitrogens is 3. The fraction of sp³-hybridized carbons (Fsp3) is 0.143. The highest BCUT2D eigenvalue weighted by Crippen LogP contribution is 2.33. The Morgan fingerprint density at radius 3 is 2.66 bits per heavy atom. The molecule has 0 aliphatic rings. The summed E-state index contributed by atoms with van der Waals surface area (Å²) in [4.78, 5) is 26.4. The van der Waals surface area contributed by atoms with Crippen LogP contribution in [0.1, 0.15) is 20.9 Å². The molecule has 1 aromatic carbocycles. The van der Waals surface area contributed by atoms with Crippen LogP contribution in [-0.4, -0.2) is 28.1 Å². The fourth-order valence-corrected chi connectivity index (χ4v) is 4.99. The van der Waals surface area contributed by atoms with Gasteiger partial charge in [-0.3, -0.25) is 9.69 Å². The van der Waals surface area contributed by atoms with Gasteiger partial charge in [0.15, 0.2) is 5.13 Å². The van der Waals surface area contributed by atoms with Gasteiger partial charge in [-0.1, -0.05) is 28.6 Å². The molecule has 0 atom stereocenters. The predicted molar refractivity (Wildman–Crippen MR) is 117 cm³/mol. The second-order valence-electron chi connectivity index (χ2n) is 6.74. The van der Waals surface area contributed by atoms with E-state index in [4.69, 9.17) is 4.52 Å². The number of thiazole rings is 1. The number of para-hydroxylation sites is 1. The zero-order valence-corrected chi connectivity index (χ0v) is 17.6. The van der Waals surface area contributed by atoms with Crippen molar-refractivity contribution >= 4 is 55.0 Å². The van der Waals surface area contributed by atoms with E-state index in [9.17, 15) is 4.79 Å². The van der Waals surface area contributed by atoms with E-state index in [2.05, 4.69) is 15.1 Å². The minimum atomic E-state index is -0.169. The molecule has 5 aromatic rings. The maximum atomic E-state index is 13.5. The Balaban J connectivity index is 1.64. The summed E-state index contributed by atoms with van der Waals surface area (Å²) < 4.78 is 6.44. The molecule has 0 spiro atoms. The van der Waals surface area contributed by atoms with Gasteiger partial charge in [0.25, 0.3) is 11.6 Å². The van der Waals surface area contributed by atoms with Crippen LogP contribution in [0.3, 0.4) is 0 Å². The van der Waals surface area contributed by atoms with Crippen molar-refractivity contribution < 1.29 is 9.32 Å². The first-order chi connectivity index (χ1) is 14.0. The molecule has 0 radical (unpaired) electrons. The Hall–Kier alpha value is -3.10. The average Bonchev–Trinajstić information content (AvgIpc) is 3.44. The second-order valence-corrected chi connectivity index (χ2v) is 9.04. The molecule has 5 rings (SSSR count). The number of rotatable bonds is 3. The minimum Gasteiger partial charge on any atom is -0.335 e. The number of anilines is 1. The Kier molecular flexibility index (Phi) is 4.18. The molecule has 1 amide bonds. The lowest BCUT2D eigenvalue weighted by atomic mass is 10.1. The van der Waals surface area contributed by atoms with E-state index in [0.717, 1.165) is 15.1 Å². The average molecular weight is 421 g/mol. The molecule has 6 nitrogen and oxygen atoms in total. The molecule has 0 unspecified atom stereocenters. The number of benzene rings is 1. The van der Waals surface area contributed by atoms with Crippen LogP contribution in [0.25, 0.3) is 31.9 Å². The Labute approximate surface area is 174 Å². The van der Waals surface area contributed by atoms with Gasteiger partial charge in [0.1, 0.15) is 0 Å². The number of carbonyl (C=O) groups excluding carboxylic acids is 1. The van der Waals surface area contributed by atoms with Gasteiger partial charge in [0.2, 0.25) is 0 Å². The normalized spacial score (nSPS) is 11.4. The summed E-state index contributed by atoms with van der Waals surface area (Å²) in [5, 5.41) is 5.31. The lowest BCUT2D eigenvalue weighted by molar-refractivity contribution is 0.0994. The predicted octanol–water partition coefficient (Wildman–Crippen LogP) is 5.45. The van der Waals surface area contributed by atoms with Gasteiger partial charge in [-0.05, 0) is 44.2 Å². The molecule has 4 heterocycles. The molecule has 0 aliphatic heterocycles. The van der Waals surface area contributed by atoms with Gasteiger partial charge in [-0.15, -0.1) is 11.3 Å². The first-order valence-corrected chi connectivity index (χ1v) is 10.6. The molecule has 8 heteroatoms. The van der Waals surface area contributed by atoms with Crippen molar-refractivity contribution in [2.24, 2.45) is 0 Å². The SMILES string of the molecule is Cc1ccc(-c2cc(C(=O)N(C)c3nc4ccccc4s3)c3c(C)noc3n2)s1. The molecule has 0 saturated heterocycles. The molecule has 4 aromatic heterocycles. The number of fused-ring (bicyclic) bond motifs is 2. The Morgan fingerprint density at radius 2 is 1.90 bits per heavy atom. The van der Waals surface area contributed by atoms with Crippen molar-refractivity contribution in [3.8, 4) is 10.6 Å². The van der Waals surface area contributed by atoms with E-state index >= 15 is 0 Å². The summed E-state index contributed by atoms with van der Waals surface area (Å²) in [5.74, 6) is -0.169. The molecule has 0 saturated carbocycles. The van der Waals surface area contributed by atoms with Crippen LogP contribution in [0.4, 0.5) is 5.13 Å². The van der Waals surface area contributed by atoms with Gasteiger partial charge in [0.05, 0.1) is 37.4 Å². The third-order valence-corrected chi connectivity index (χ3v) is 6.85. The highest BCUT2D eigenvalue weighted by Gasteiger charge is 2.24. The van der Waals surface area contributed by atoms with Gasteiger partial charge in [-0.25, -0.2) is 9.97 Å². The molecule has 0 aliphatic carbocycles. The quantitative estimate of drug-likeness (QED) is 0.388. The minimum absolute atomic E-state index is 0.169. The Morgan fingerprint density at radius 1 is 1.07 bits per heavy atom. The fourth-order valence-electron chi connectivity index (χ4n) is 3.23. The van der Waals surface area contributed by atoms with E-state index < -0.39 is 0 Å². The maximum absolute atomic E-state index is 13.5. The first-order valence-electron chi connectivity index (χ1n) is 8.99. The number of aryl methyl sites for hydroxylation is 2. The number of amides is 1. The van der Waals surface area contributed by atoms with E-state index in [1.165, 1.54) is 16.2 Å². The number of carbonyl (C=O) groups is 1. The van der Waals surface area contributed by atoms with Crippen LogP contribution in [-0.2, 0) is 0 Å². The highest BCUT2D eigenvalue weighted by molar-refractivity contribution is 7.22. The lowest BCUT2D eigenvalue weighted by Gasteiger charge is -2.14. The molecular formula is C21H16N4O2S2. The number of hydrogen-bond acceptors (Lipinski definition) is 7. The first kappa shape index (κ1) is 18.0. The van der Waals surface area contributed by atoms with Crippen LogP contribution in [0.5, 0.6) is 0 Å². The van der Waals surface area contributed by atoms with E-state index in [0.29, 0.717) is 33.2 Å². The standard InChI is InChI=1S/C21H16N4O2S2/c1-11-8-9-17(28-11)15-10-13(18-12(2)24-27-19(18)22-15)20(26)25(3)21-23-14-6-4-5-7-16(14)29-21/h4-10H,1-3H3. The third-order valence-electron chi connectivity index (χ3n) is 4.71. The topological polar surface area (TPSA) is 72.1 Å². The van der Waals surface area contributed by atoms with Crippen LogP contribution >= 0.6 is 22.7 Å². The van der Waals surface area contributed by atoms with Crippen LogP contribution in [0.15, 0.2) is 47.0 Å². The smallest absolute Gasteiger partial charge is 0.260 e. The van der Waals surface area contributed by atoms with Crippen LogP contribution in [0.2, 0.25) is 0 Å². The van der Waals surface area contributed by atoms with Crippen molar-refractivity contribution in [1.82, 2.24) is 15.1 Å². The molecule has 0 N–H and O–H groups in total. The van der Waals surface area contributed by atoms with Crippen molar-refractivity contribution in [2.45, 2.75) is 13.8 Å². The monoisotopic (exact) mass is 420 g/mol. The number of hydrogen-bond donors (Lipinski definition) is 0. The van der Waals surface area contributed by atoms with Crippen molar-refractivity contribution in [2.75, 3.05) is 11.9 Å². The second kappa shape index (κ2) is 6.75. The summed E-state index contributed by atoms with van der Waals surface area (Å²) >= 11 is 3.11. The molecule has 29 heavy (non-hydrogen) atoms. The van der Waals surface area contributed by atoms with Crippen molar-refractivity contribution in [3.05, 3.63) is 58.6 Å². The summed E-state index contributed by atoms with van der Waals surface area (Å²) in [5.41, 5.74) is 3.10. The number of thiophene rings is 1. The molecule has 0 fully saturated rings. The van der Waals surface area contributed by atoms with Crippen LogP contribution < -0.4 is 4.90 Å². The molecule has 144 valence electrons. The molecular weight excluding hydrogens is 404 g/mol. The summed E-state index contributed by atoms with van der Waals surface area (Å²) in [6, 6.07) is 13.7. The van der Waals surface area contributed by atoms with Gasteiger partial charge in [0, 0.05) is 11.9 Å². The largest absolute Gasteiger partial charge is 0.335 e. The van der Waals surface area contributed by atoms with E-state index in [1.54, 1.807) is 23.3 Å². The van der Waals surface area contributed by atoms with Crippen molar-refractivity contribution in [3.63, 3.8) is 0 Å².